The number of rotatable bonds is 7. The van der Waals surface area contributed by atoms with Gasteiger partial charge in [-0.1, -0.05) is 62.4 Å². The number of nitrogens with zero attached hydrogens (tertiary/aromatic N) is 1. The summed E-state index contributed by atoms with van der Waals surface area (Å²) in [6, 6.07) is 13.1. The van der Waals surface area contributed by atoms with Gasteiger partial charge in [-0.05, 0) is 57.2 Å². The standard InChI is InChI=1S/C27H37N3O4/c1-17(2)21(29-26(33)34-27(5,6)7)25(32)30(8)23(20-15-10-9-11-16-20)24(31)28-22-18(3)13-12-14-19(22)4/h9-17,21,23H,1-8H3,(H,28,31)(H,29,33). The molecule has 0 heterocycles. The second-order valence-corrected chi connectivity index (χ2v) is 9.89. The maximum Gasteiger partial charge on any atom is 0.408 e. The number of ether oxygens (including phenoxy) is 1. The highest BCUT2D eigenvalue weighted by molar-refractivity contribution is 5.99. The summed E-state index contributed by atoms with van der Waals surface area (Å²) < 4.78 is 5.35. The minimum absolute atomic E-state index is 0.222. The third-order valence-corrected chi connectivity index (χ3v) is 5.43. The Morgan fingerprint density at radius 1 is 0.912 bits per heavy atom. The van der Waals surface area contributed by atoms with Crippen molar-refractivity contribution < 1.29 is 19.1 Å². The Balaban J connectivity index is 2.37. The van der Waals surface area contributed by atoms with Crippen LogP contribution in [0.3, 0.4) is 0 Å². The van der Waals surface area contributed by atoms with E-state index < -0.39 is 23.8 Å². The lowest BCUT2D eigenvalue weighted by Gasteiger charge is -2.33. The molecule has 2 aromatic rings. The van der Waals surface area contributed by atoms with Crippen molar-refractivity contribution >= 4 is 23.6 Å². The first kappa shape index (κ1) is 26.9. The molecule has 0 fully saturated rings. The van der Waals surface area contributed by atoms with Gasteiger partial charge in [0.2, 0.25) is 5.91 Å². The van der Waals surface area contributed by atoms with E-state index in [2.05, 4.69) is 10.6 Å². The van der Waals surface area contributed by atoms with Crippen molar-refractivity contribution in [3.05, 3.63) is 65.2 Å². The van der Waals surface area contributed by atoms with Crippen LogP contribution in [0.2, 0.25) is 0 Å². The Morgan fingerprint density at radius 2 is 1.47 bits per heavy atom. The monoisotopic (exact) mass is 467 g/mol. The number of carbonyl (C=O) groups is 3. The number of hydrogen-bond donors (Lipinski definition) is 2. The fraction of sp³-hybridized carbons (Fsp3) is 0.444. The number of likely N-dealkylation sites (N-methyl/N-ethyl adjacent to an activating group) is 1. The lowest BCUT2D eigenvalue weighted by atomic mass is 9.99. The fourth-order valence-electron chi connectivity index (χ4n) is 3.68. The highest BCUT2D eigenvalue weighted by Crippen LogP contribution is 2.26. The predicted molar refractivity (Wildman–Crippen MR) is 134 cm³/mol. The first-order valence-corrected chi connectivity index (χ1v) is 11.5. The molecule has 7 nitrogen and oxygen atoms in total. The fourth-order valence-corrected chi connectivity index (χ4v) is 3.68. The summed E-state index contributed by atoms with van der Waals surface area (Å²) in [5, 5.41) is 5.69. The van der Waals surface area contributed by atoms with E-state index in [9.17, 15) is 14.4 Å². The molecule has 34 heavy (non-hydrogen) atoms. The summed E-state index contributed by atoms with van der Waals surface area (Å²) in [5.41, 5.74) is 2.56. The summed E-state index contributed by atoms with van der Waals surface area (Å²) in [7, 11) is 1.58. The van der Waals surface area contributed by atoms with E-state index in [1.54, 1.807) is 27.8 Å². The molecule has 0 saturated carbocycles. The SMILES string of the molecule is Cc1cccc(C)c1NC(=O)C(c1ccccc1)N(C)C(=O)C(NC(=O)OC(C)(C)C)C(C)C. The summed E-state index contributed by atoms with van der Waals surface area (Å²) in [6.45, 7) is 12.8. The average molecular weight is 468 g/mol. The van der Waals surface area contributed by atoms with Crippen LogP contribution >= 0.6 is 0 Å². The van der Waals surface area contributed by atoms with Crippen molar-refractivity contribution in [1.82, 2.24) is 10.2 Å². The van der Waals surface area contributed by atoms with Crippen molar-refractivity contribution in [3.63, 3.8) is 0 Å². The predicted octanol–water partition coefficient (Wildman–Crippen LogP) is 4.99. The largest absolute Gasteiger partial charge is 0.444 e. The zero-order valence-corrected chi connectivity index (χ0v) is 21.4. The second kappa shape index (κ2) is 11.2. The molecular formula is C27H37N3O4. The molecule has 0 saturated heterocycles. The molecule has 2 unspecified atom stereocenters. The zero-order valence-electron chi connectivity index (χ0n) is 21.4. The maximum absolute atomic E-state index is 13.6. The van der Waals surface area contributed by atoms with Crippen molar-refractivity contribution in [2.75, 3.05) is 12.4 Å². The molecule has 2 rings (SSSR count). The first-order valence-electron chi connectivity index (χ1n) is 11.5. The number of para-hydroxylation sites is 1. The highest BCUT2D eigenvalue weighted by Gasteiger charge is 2.35. The van der Waals surface area contributed by atoms with Crippen molar-refractivity contribution in [1.29, 1.82) is 0 Å². The van der Waals surface area contributed by atoms with Gasteiger partial charge in [-0.25, -0.2) is 4.79 Å². The molecule has 0 radical (unpaired) electrons. The lowest BCUT2D eigenvalue weighted by molar-refractivity contribution is -0.140. The molecule has 0 bridgehead atoms. The topological polar surface area (TPSA) is 87.7 Å². The number of nitrogens with one attached hydrogen (secondary N) is 2. The summed E-state index contributed by atoms with van der Waals surface area (Å²) in [5.74, 6) is -0.939. The number of hydrogen-bond acceptors (Lipinski definition) is 4. The van der Waals surface area contributed by atoms with Crippen molar-refractivity contribution in [2.24, 2.45) is 5.92 Å². The summed E-state index contributed by atoms with van der Waals surface area (Å²) in [4.78, 5) is 40.9. The molecule has 7 heteroatoms. The van der Waals surface area contributed by atoms with Crippen LogP contribution in [0.25, 0.3) is 0 Å². The molecule has 0 aliphatic carbocycles. The van der Waals surface area contributed by atoms with Gasteiger partial charge in [0.1, 0.15) is 17.7 Å². The van der Waals surface area contributed by atoms with Gasteiger partial charge in [0.05, 0.1) is 0 Å². The lowest BCUT2D eigenvalue weighted by Crippen LogP contribution is -2.53. The Labute approximate surface area is 202 Å². The number of alkyl carbamates (subject to hydrolysis) is 1. The van der Waals surface area contributed by atoms with E-state index >= 15 is 0 Å². The van der Waals surface area contributed by atoms with Gasteiger partial charge in [0.25, 0.3) is 5.91 Å². The molecule has 0 aliphatic heterocycles. The van der Waals surface area contributed by atoms with E-state index in [0.29, 0.717) is 5.56 Å². The van der Waals surface area contributed by atoms with Crippen molar-refractivity contribution in [2.45, 2.75) is 66.2 Å². The molecular weight excluding hydrogens is 430 g/mol. The molecule has 0 spiro atoms. The minimum atomic E-state index is -0.894. The van der Waals surface area contributed by atoms with E-state index in [1.807, 2.05) is 76.2 Å². The normalized spacial score (nSPS) is 13.1. The third kappa shape index (κ3) is 7.07. The maximum atomic E-state index is 13.6. The van der Waals surface area contributed by atoms with Gasteiger partial charge >= 0.3 is 6.09 Å². The molecule has 184 valence electrons. The average Bonchev–Trinajstić information content (AvgIpc) is 2.73. The molecule has 0 aromatic heterocycles. The Hall–Kier alpha value is -3.35. The minimum Gasteiger partial charge on any atom is -0.444 e. The van der Waals surface area contributed by atoms with Gasteiger partial charge in [-0.15, -0.1) is 0 Å². The van der Waals surface area contributed by atoms with E-state index in [1.165, 1.54) is 4.90 Å². The Kier molecular flexibility index (Phi) is 8.85. The van der Waals surface area contributed by atoms with Crippen LogP contribution in [0.4, 0.5) is 10.5 Å². The van der Waals surface area contributed by atoms with Gasteiger partial charge < -0.3 is 20.3 Å². The van der Waals surface area contributed by atoms with Gasteiger partial charge in [-0.2, -0.15) is 0 Å². The molecule has 2 aromatic carbocycles. The zero-order chi connectivity index (χ0) is 25.6. The highest BCUT2D eigenvalue weighted by atomic mass is 16.6. The first-order chi connectivity index (χ1) is 15.8. The van der Waals surface area contributed by atoms with E-state index in [0.717, 1.165) is 16.8 Å². The number of aryl methyl sites for hydroxylation is 2. The molecule has 0 aliphatic rings. The van der Waals surface area contributed by atoms with Crippen LogP contribution in [-0.2, 0) is 14.3 Å². The summed E-state index contributed by atoms with van der Waals surface area (Å²) in [6.07, 6.45) is -0.677. The van der Waals surface area contributed by atoms with Crippen LogP contribution in [0.5, 0.6) is 0 Å². The number of amides is 3. The molecule has 2 atom stereocenters. The van der Waals surface area contributed by atoms with Crippen LogP contribution in [0.15, 0.2) is 48.5 Å². The summed E-state index contributed by atoms with van der Waals surface area (Å²) >= 11 is 0. The van der Waals surface area contributed by atoms with Crippen LogP contribution in [0, 0.1) is 19.8 Å². The van der Waals surface area contributed by atoms with E-state index in [4.69, 9.17) is 4.74 Å². The van der Waals surface area contributed by atoms with Crippen LogP contribution < -0.4 is 10.6 Å². The van der Waals surface area contributed by atoms with Crippen LogP contribution in [-0.4, -0.2) is 41.5 Å². The molecule has 3 amide bonds. The van der Waals surface area contributed by atoms with Gasteiger partial charge in [-0.3, -0.25) is 9.59 Å². The van der Waals surface area contributed by atoms with Crippen molar-refractivity contribution in [3.8, 4) is 0 Å². The second-order valence-electron chi connectivity index (χ2n) is 9.89. The van der Waals surface area contributed by atoms with Crippen LogP contribution in [0.1, 0.15) is 57.4 Å². The number of carbonyl (C=O) groups excluding carboxylic acids is 3. The number of benzene rings is 2. The van der Waals surface area contributed by atoms with Gasteiger partial charge in [0.15, 0.2) is 0 Å². The quantitative estimate of drug-likeness (QED) is 0.600. The Morgan fingerprint density at radius 3 is 1.97 bits per heavy atom. The van der Waals surface area contributed by atoms with Gasteiger partial charge in [0, 0.05) is 12.7 Å². The van der Waals surface area contributed by atoms with E-state index in [-0.39, 0.29) is 17.7 Å². The Bertz CT molecular complexity index is 992. The third-order valence-electron chi connectivity index (χ3n) is 5.43. The number of anilines is 1. The molecule has 2 N–H and O–H groups in total. The smallest absolute Gasteiger partial charge is 0.408 e.